The van der Waals surface area contributed by atoms with Gasteiger partial charge in [0.15, 0.2) is 5.82 Å². The van der Waals surface area contributed by atoms with Crippen LogP contribution in [0.3, 0.4) is 0 Å². The molecule has 0 atom stereocenters. The summed E-state index contributed by atoms with van der Waals surface area (Å²) in [6.07, 6.45) is 0. The van der Waals surface area contributed by atoms with E-state index in [4.69, 9.17) is 12.2 Å². The van der Waals surface area contributed by atoms with Crippen molar-refractivity contribution in [1.29, 1.82) is 0 Å². The Kier molecular flexibility index (Phi) is 2.17. The van der Waals surface area contributed by atoms with E-state index in [-0.39, 0.29) is 0 Å². The third kappa shape index (κ3) is 1.58. The maximum Gasteiger partial charge on any atom is 0.213 e. The Bertz CT molecular complexity index is 512. The van der Waals surface area contributed by atoms with E-state index in [1.165, 1.54) is 0 Å². The number of aromatic nitrogens is 4. The first kappa shape index (κ1) is 9.08. The highest BCUT2D eigenvalue weighted by molar-refractivity contribution is 7.71. The predicted octanol–water partition coefficient (Wildman–Crippen LogP) is 2.15. The molecule has 0 bridgehead atoms. The topological polar surface area (TPSA) is 57.4 Å². The van der Waals surface area contributed by atoms with Gasteiger partial charge in [0.25, 0.3) is 0 Å². The summed E-state index contributed by atoms with van der Waals surface area (Å²) in [5, 5.41) is 5.66. The molecule has 0 amide bonds. The molecule has 0 fully saturated rings. The van der Waals surface area contributed by atoms with Gasteiger partial charge in [0.2, 0.25) is 4.77 Å². The van der Waals surface area contributed by atoms with Crippen LogP contribution in [0.5, 0.6) is 0 Å². The lowest BCUT2D eigenvalue weighted by molar-refractivity contribution is 1.07. The smallest absolute Gasteiger partial charge is 0.213 e. The molecule has 0 saturated carbocycles. The zero-order valence-corrected chi connectivity index (χ0v) is 8.77. The lowest BCUT2D eigenvalue weighted by Gasteiger charge is -2.01. The second-order valence-corrected chi connectivity index (χ2v) is 3.49. The van der Waals surface area contributed by atoms with Gasteiger partial charge in [-0.25, -0.2) is 0 Å². The van der Waals surface area contributed by atoms with Gasteiger partial charge in [0.1, 0.15) is 0 Å². The summed E-state index contributed by atoms with van der Waals surface area (Å²) < 4.78 is 0.458. The fraction of sp³-hybridized carbons (Fsp3) is 0.222. The first-order chi connectivity index (χ1) is 6.66. The van der Waals surface area contributed by atoms with Crippen molar-refractivity contribution in [2.24, 2.45) is 0 Å². The largest absolute Gasteiger partial charge is 0.282 e. The van der Waals surface area contributed by atoms with Gasteiger partial charge >= 0.3 is 0 Å². The molecule has 2 rings (SSSR count). The van der Waals surface area contributed by atoms with Crippen LogP contribution >= 0.6 is 12.2 Å². The van der Waals surface area contributed by atoms with E-state index in [1.807, 2.05) is 26.0 Å². The van der Waals surface area contributed by atoms with Gasteiger partial charge in [-0.05, 0) is 38.2 Å². The molecular weight excluding hydrogens is 196 g/mol. The zero-order valence-electron chi connectivity index (χ0n) is 7.96. The van der Waals surface area contributed by atoms with Gasteiger partial charge in [0.05, 0.1) is 0 Å². The number of hydrogen-bond donors (Lipinski definition) is 2. The van der Waals surface area contributed by atoms with Crippen molar-refractivity contribution >= 4 is 12.2 Å². The number of aromatic amines is 2. The summed E-state index contributed by atoms with van der Waals surface area (Å²) in [6.45, 7) is 3.91. The number of hydrogen-bond acceptors (Lipinski definition) is 3. The van der Waals surface area contributed by atoms with Crippen molar-refractivity contribution in [3.63, 3.8) is 0 Å². The Labute approximate surface area is 86.4 Å². The van der Waals surface area contributed by atoms with Crippen molar-refractivity contribution in [1.82, 2.24) is 20.2 Å². The minimum Gasteiger partial charge on any atom is -0.282 e. The molecule has 0 aliphatic rings. The van der Waals surface area contributed by atoms with E-state index in [2.05, 4.69) is 20.2 Å². The molecule has 2 N–H and O–H groups in total. The van der Waals surface area contributed by atoms with Crippen LogP contribution in [0.4, 0.5) is 0 Å². The Balaban J connectivity index is 2.57. The van der Waals surface area contributed by atoms with Crippen LogP contribution in [0, 0.1) is 18.6 Å². The predicted molar refractivity (Wildman–Crippen MR) is 56.5 cm³/mol. The van der Waals surface area contributed by atoms with Crippen LogP contribution < -0.4 is 0 Å². The SMILES string of the molecule is Cc1ccc(-c2nc(=S)[nH][nH]2)c(C)n1. The maximum absolute atomic E-state index is 4.88. The first-order valence-electron chi connectivity index (χ1n) is 4.26. The zero-order chi connectivity index (χ0) is 10.1. The van der Waals surface area contributed by atoms with Crippen molar-refractivity contribution < 1.29 is 0 Å². The van der Waals surface area contributed by atoms with E-state index >= 15 is 0 Å². The number of rotatable bonds is 1. The molecule has 0 aromatic carbocycles. The minimum atomic E-state index is 0.458. The van der Waals surface area contributed by atoms with Crippen LogP contribution in [-0.2, 0) is 0 Å². The Hall–Kier alpha value is -1.49. The molecule has 72 valence electrons. The summed E-state index contributed by atoms with van der Waals surface area (Å²) in [6, 6.07) is 3.94. The fourth-order valence-electron chi connectivity index (χ4n) is 1.33. The molecule has 4 nitrogen and oxygen atoms in total. The van der Waals surface area contributed by atoms with Crippen molar-refractivity contribution in [2.75, 3.05) is 0 Å². The lowest BCUT2D eigenvalue weighted by Crippen LogP contribution is -1.91. The number of pyridine rings is 1. The van der Waals surface area contributed by atoms with Gasteiger partial charge < -0.3 is 0 Å². The molecule has 2 heterocycles. The van der Waals surface area contributed by atoms with Gasteiger partial charge in [-0.15, -0.1) is 0 Å². The first-order valence-corrected chi connectivity index (χ1v) is 4.67. The van der Waals surface area contributed by atoms with Gasteiger partial charge in [-0.1, -0.05) is 0 Å². The van der Waals surface area contributed by atoms with Crippen LogP contribution in [0.15, 0.2) is 12.1 Å². The average molecular weight is 206 g/mol. The van der Waals surface area contributed by atoms with Crippen LogP contribution in [0.2, 0.25) is 0 Å². The summed E-state index contributed by atoms with van der Waals surface area (Å²) in [5.41, 5.74) is 2.92. The van der Waals surface area contributed by atoms with E-state index in [0.717, 1.165) is 22.8 Å². The molecule has 0 unspecified atom stereocenters. The van der Waals surface area contributed by atoms with E-state index in [9.17, 15) is 0 Å². The molecule has 0 aliphatic carbocycles. The average Bonchev–Trinajstić information content (AvgIpc) is 2.51. The second-order valence-electron chi connectivity index (χ2n) is 3.10. The highest BCUT2D eigenvalue weighted by Crippen LogP contribution is 2.17. The molecule has 0 aliphatic heterocycles. The quantitative estimate of drug-likeness (QED) is 0.703. The summed E-state index contributed by atoms with van der Waals surface area (Å²) in [7, 11) is 0. The molecule has 14 heavy (non-hydrogen) atoms. The summed E-state index contributed by atoms with van der Waals surface area (Å²) >= 11 is 4.88. The summed E-state index contributed by atoms with van der Waals surface area (Å²) in [4.78, 5) is 8.49. The maximum atomic E-state index is 4.88. The van der Waals surface area contributed by atoms with Crippen LogP contribution in [-0.4, -0.2) is 20.2 Å². The third-order valence-electron chi connectivity index (χ3n) is 1.98. The van der Waals surface area contributed by atoms with E-state index in [1.54, 1.807) is 0 Å². The standard InChI is InChI=1S/C9H10N4S/c1-5-3-4-7(6(2)10-5)8-11-9(14)13-12-8/h3-4H,1-2H3,(H2,11,12,13,14). The van der Waals surface area contributed by atoms with Gasteiger partial charge in [0, 0.05) is 17.0 Å². The molecular formula is C9H10N4S. The lowest BCUT2D eigenvalue weighted by atomic mass is 10.2. The normalized spacial score (nSPS) is 10.4. The van der Waals surface area contributed by atoms with Gasteiger partial charge in [-0.3, -0.25) is 15.2 Å². The highest BCUT2D eigenvalue weighted by atomic mass is 32.1. The fourth-order valence-corrected chi connectivity index (χ4v) is 1.48. The molecule has 0 radical (unpaired) electrons. The van der Waals surface area contributed by atoms with E-state index < -0.39 is 0 Å². The third-order valence-corrected chi connectivity index (χ3v) is 2.17. The highest BCUT2D eigenvalue weighted by Gasteiger charge is 2.05. The molecule has 0 spiro atoms. The number of nitrogens with one attached hydrogen (secondary N) is 2. The van der Waals surface area contributed by atoms with E-state index in [0.29, 0.717) is 4.77 Å². The molecule has 2 aromatic heterocycles. The number of H-pyrrole nitrogens is 2. The van der Waals surface area contributed by atoms with Crippen molar-refractivity contribution in [3.8, 4) is 11.4 Å². The van der Waals surface area contributed by atoms with Crippen LogP contribution in [0.25, 0.3) is 11.4 Å². The Morgan fingerprint density at radius 3 is 2.50 bits per heavy atom. The summed E-state index contributed by atoms with van der Waals surface area (Å²) in [5.74, 6) is 0.736. The Morgan fingerprint density at radius 1 is 1.14 bits per heavy atom. The molecule has 0 saturated heterocycles. The second kappa shape index (κ2) is 3.34. The van der Waals surface area contributed by atoms with Gasteiger partial charge in [-0.2, -0.15) is 4.98 Å². The number of nitrogens with zero attached hydrogens (tertiary/aromatic N) is 2. The monoisotopic (exact) mass is 206 g/mol. The molecule has 2 aromatic rings. The molecule has 5 heteroatoms. The Morgan fingerprint density at radius 2 is 1.93 bits per heavy atom. The van der Waals surface area contributed by atoms with Crippen LogP contribution in [0.1, 0.15) is 11.4 Å². The minimum absolute atomic E-state index is 0.458. The van der Waals surface area contributed by atoms with Crippen molar-refractivity contribution in [2.45, 2.75) is 13.8 Å². The number of aryl methyl sites for hydroxylation is 2. The van der Waals surface area contributed by atoms with Crippen molar-refractivity contribution in [3.05, 3.63) is 28.3 Å².